The molecule has 2 aromatic rings. The molecule has 1 aliphatic rings. The number of esters is 1. The first-order valence-electron chi connectivity index (χ1n) is 9.85. The molecule has 2 heterocycles. The van der Waals surface area contributed by atoms with Gasteiger partial charge in [-0.3, -0.25) is 14.7 Å². The van der Waals surface area contributed by atoms with Gasteiger partial charge < -0.3 is 15.4 Å². The van der Waals surface area contributed by atoms with Crippen LogP contribution in [-0.4, -0.2) is 52.1 Å². The maximum Gasteiger partial charge on any atom is 0.338 e. The van der Waals surface area contributed by atoms with E-state index >= 15 is 0 Å². The number of benzene rings is 1. The van der Waals surface area contributed by atoms with Crippen LogP contribution >= 0.6 is 0 Å². The highest BCUT2D eigenvalue weighted by Crippen LogP contribution is 2.25. The van der Waals surface area contributed by atoms with Crippen LogP contribution in [0.5, 0.6) is 0 Å². The second-order valence-electron chi connectivity index (χ2n) is 7.33. The van der Waals surface area contributed by atoms with Crippen LogP contribution in [0.2, 0.25) is 0 Å². The first-order valence-corrected chi connectivity index (χ1v) is 9.85. The number of carbonyl (C=O) groups is 3. The summed E-state index contributed by atoms with van der Waals surface area (Å²) in [5, 5.41) is 7.01. The zero-order valence-electron chi connectivity index (χ0n) is 16.5. The number of unbranched alkanes of at least 4 members (excludes halogenated alkanes) is 1. The van der Waals surface area contributed by atoms with Crippen molar-refractivity contribution in [1.29, 1.82) is 0 Å². The summed E-state index contributed by atoms with van der Waals surface area (Å²) in [6, 6.07) is 10.4. The Morgan fingerprint density at radius 1 is 1.24 bits per heavy atom. The standard InChI is InChI=1S/C21H26N4O4/c1-2-3-9-16-11-17(24-23-16)20(27)25-12-15(10-19(22)26)18(13-25)29-21(28)14-7-5-4-6-8-14/h4-8,11,15,18H,2-3,9-10,12-13H2,1H3,(H2,22,26)(H,23,24)/t15-,18+/m0/s1. The van der Waals surface area contributed by atoms with Crippen LogP contribution < -0.4 is 5.73 Å². The largest absolute Gasteiger partial charge is 0.457 e. The van der Waals surface area contributed by atoms with Crippen LogP contribution in [0.3, 0.4) is 0 Å². The van der Waals surface area contributed by atoms with Crippen molar-refractivity contribution in [3.8, 4) is 0 Å². The molecule has 3 rings (SSSR count). The molecule has 3 N–H and O–H groups in total. The summed E-state index contributed by atoms with van der Waals surface area (Å²) >= 11 is 0. The molecule has 0 radical (unpaired) electrons. The predicted molar refractivity (Wildman–Crippen MR) is 106 cm³/mol. The van der Waals surface area contributed by atoms with Crippen molar-refractivity contribution in [2.45, 2.75) is 38.7 Å². The molecule has 8 heteroatoms. The van der Waals surface area contributed by atoms with Crippen LogP contribution in [0.25, 0.3) is 0 Å². The Hall–Kier alpha value is -3.16. The lowest BCUT2D eigenvalue weighted by molar-refractivity contribution is -0.119. The Morgan fingerprint density at radius 2 is 2.00 bits per heavy atom. The zero-order valence-corrected chi connectivity index (χ0v) is 16.5. The number of nitrogens with zero attached hydrogens (tertiary/aromatic N) is 2. The molecule has 0 aliphatic carbocycles. The third-order valence-electron chi connectivity index (χ3n) is 5.05. The molecule has 29 heavy (non-hydrogen) atoms. The van der Waals surface area contributed by atoms with Crippen molar-refractivity contribution in [3.05, 3.63) is 53.3 Å². The number of nitrogens with one attached hydrogen (secondary N) is 1. The van der Waals surface area contributed by atoms with E-state index in [4.69, 9.17) is 10.5 Å². The summed E-state index contributed by atoms with van der Waals surface area (Å²) in [6.07, 6.45) is 2.34. The molecular weight excluding hydrogens is 372 g/mol. The van der Waals surface area contributed by atoms with Gasteiger partial charge in [-0.15, -0.1) is 0 Å². The van der Waals surface area contributed by atoms with Crippen LogP contribution in [-0.2, 0) is 16.0 Å². The van der Waals surface area contributed by atoms with E-state index in [9.17, 15) is 14.4 Å². The average Bonchev–Trinajstić information content (AvgIpc) is 3.33. The van der Waals surface area contributed by atoms with E-state index in [1.807, 2.05) is 0 Å². The Bertz CT molecular complexity index is 865. The Kier molecular flexibility index (Phi) is 6.64. The van der Waals surface area contributed by atoms with Gasteiger partial charge in [0, 0.05) is 24.6 Å². The number of ether oxygens (including phenoxy) is 1. The van der Waals surface area contributed by atoms with E-state index in [0.717, 1.165) is 25.0 Å². The Morgan fingerprint density at radius 3 is 2.69 bits per heavy atom. The highest BCUT2D eigenvalue weighted by atomic mass is 16.5. The number of likely N-dealkylation sites (tertiary alicyclic amines) is 1. The molecule has 154 valence electrons. The molecule has 1 fully saturated rings. The molecule has 1 aromatic carbocycles. The van der Waals surface area contributed by atoms with E-state index in [0.29, 0.717) is 11.3 Å². The molecule has 1 saturated heterocycles. The van der Waals surface area contributed by atoms with E-state index in [1.165, 1.54) is 0 Å². The molecule has 0 saturated carbocycles. The Balaban J connectivity index is 1.69. The number of hydrogen-bond donors (Lipinski definition) is 2. The number of rotatable bonds is 8. The van der Waals surface area contributed by atoms with Gasteiger partial charge in [0.2, 0.25) is 5.91 Å². The van der Waals surface area contributed by atoms with Gasteiger partial charge >= 0.3 is 5.97 Å². The zero-order chi connectivity index (χ0) is 20.8. The SMILES string of the molecule is CCCCc1cc(C(=O)N2C[C@H](CC(N)=O)[C@H](OC(=O)c3ccccc3)C2)n[nH]1. The highest BCUT2D eigenvalue weighted by Gasteiger charge is 2.39. The van der Waals surface area contributed by atoms with E-state index in [1.54, 1.807) is 41.3 Å². The quantitative estimate of drug-likeness (QED) is 0.659. The number of aromatic amines is 1. The third-order valence-corrected chi connectivity index (χ3v) is 5.05. The van der Waals surface area contributed by atoms with Crippen molar-refractivity contribution in [3.63, 3.8) is 0 Å². The van der Waals surface area contributed by atoms with Crippen molar-refractivity contribution in [2.24, 2.45) is 11.7 Å². The summed E-state index contributed by atoms with van der Waals surface area (Å²) < 4.78 is 5.62. The number of nitrogens with two attached hydrogens (primary N) is 1. The number of amides is 2. The minimum absolute atomic E-state index is 0.0405. The number of aryl methyl sites for hydroxylation is 1. The number of aromatic nitrogens is 2. The topological polar surface area (TPSA) is 118 Å². The van der Waals surface area contributed by atoms with Crippen molar-refractivity contribution < 1.29 is 19.1 Å². The van der Waals surface area contributed by atoms with Gasteiger partial charge in [-0.2, -0.15) is 5.10 Å². The minimum Gasteiger partial charge on any atom is -0.457 e. The lowest BCUT2D eigenvalue weighted by atomic mass is 10.0. The second kappa shape index (κ2) is 9.36. The van der Waals surface area contributed by atoms with Crippen molar-refractivity contribution >= 4 is 17.8 Å². The summed E-state index contributed by atoms with van der Waals surface area (Å²) in [6.45, 7) is 2.58. The second-order valence-corrected chi connectivity index (χ2v) is 7.33. The van der Waals surface area contributed by atoms with Crippen molar-refractivity contribution in [2.75, 3.05) is 13.1 Å². The van der Waals surface area contributed by atoms with E-state index in [2.05, 4.69) is 17.1 Å². The van der Waals surface area contributed by atoms with Gasteiger partial charge in [0.15, 0.2) is 0 Å². The lowest BCUT2D eigenvalue weighted by Crippen LogP contribution is -2.31. The monoisotopic (exact) mass is 398 g/mol. The fourth-order valence-electron chi connectivity index (χ4n) is 3.50. The summed E-state index contributed by atoms with van der Waals surface area (Å²) in [7, 11) is 0. The predicted octanol–water partition coefficient (Wildman–Crippen LogP) is 1.93. The first-order chi connectivity index (χ1) is 14.0. The molecule has 0 spiro atoms. The number of primary amides is 1. The fourth-order valence-corrected chi connectivity index (χ4v) is 3.50. The van der Waals surface area contributed by atoms with Gasteiger partial charge in [0.05, 0.1) is 12.1 Å². The molecule has 0 unspecified atom stereocenters. The molecule has 0 bridgehead atoms. The van der Waals surface area contributed by atoms with Gasteiger partial charge in [0.1, 0.15) is 11.8 Å². The van der Waals surface area contributed by atoms with Gasteiger partial charge in [0.25, 0.3) is 5.91 Å². The number of carbonyl (C=O) groups excluding carboxylic acids is 3. The van der Waals surface area contributed by atoms with Gasteiger partial charge in [-0.25, -0.2) is 4.79 Å². The van der Waals surface area contributed by atoms with E-state index < -0.39 is 18.0 Å². The van der Waals surface area contributed by atoms with Gasteiger partial charge in [-0.05, 0) is 31.0 Å². The Labute approximate surface area is 169 Å². The fraction of sp³-hybridized carbons (Fsp3) is 0.429. The summed E-state index contributed by atoms with van der Waals surface area (Å²) in [4.78, 5) is 38.3. The summed E-state index contributed by atoms with van der Waals surface area (Å²) in [5.74, 6) is -1.58. The number of H-pyrrole nitrogens is 1. The van der Waals surface area contributed by atoms with Crippen LogP contribution in [0.15, 0.2) is 36.4 Å². The molecule has 2 amide bonds. The van der Waals surface area contributed by atoms with Crippen LogP contribution in [0, 0.1) is 5.92 Å². The molecule has 8 nitrogen and oxygen atoms in total. The maximum absolute atomic E-state index is 12.9. The maximum atomic E-state index is 12.9. The summed E-state index contributed by atoms with van der Waals surface area (Å²) in [5.41, 5.74) is 7.01. The smallest absolute Gasteiger partial charge is 0.338 e. The van der Waals surface area contributed by atoms with Crippen LogP contribution in [0.4, 0.5) is 0 Å². The number of hydrogen-bond acceptors (Lipinski definition) is 5. The first kappa shape index (κ1) is 20.6. The molecular formula is C21H26N4O4. The van der Waals surface area contributed by atoms with Crippen molar-refractivity contribution in [1.82, 2.24) is 15.1 Å². The third kappa shape index (κ3) is 5.22. The molecule has 1 aromatic heterocycles. The average molecular weight is 398 g/mol. The van der Waals surface area contributed by atoms with E-state index in [-0.39, 0.29) is 31.3 Å². The van der Waals surface area contributed by atoms with Gasteiger partial charge in [-0.1, -0.05) is 31.5 Å². The van der Waals surface area contributed by atoms with Crippen LogP contribution in [0.1, 0.15) is 52.7 Å². The normalized spacial score (nSPS) is 18.6. The highest BCUT2D eigenvalue weighted by molar-refractivity contribution is 5.93. The lowest BCUT2D eigenvalue weighted by Gasteiger charge is -2.17. The molecule has 2 atom stereocenters. The molecule has 1 aliphatic heterocycles. The minimum atomic E-state index is -0.599.